The molecule has 0 saturated heterocycles. The van der Waals surface area contributed by atoms with Gasteiger partial charge in [-0.25, -0.2) is 0 Å². The van der Waals surface area contributed by atoms with Crippen LogP contribution in [0.25, 0.3) is 5.57 Å². The molecular formula is C25H26ClF3N2O. The molecule has 1 aromatic heterocycles. The molecule has 1 saturated carbocycles. The Hall–Kier alpha value is -2.08. The minimum Gasteiger partial charge on any atom is -0.267 e. The summed E-state index contributed by atoms with van der Waals surface area (Å²) >= 11 is 6.37. The Labute approximate surface area is 190 Å². The molecule has 1 unspecified atom stereocenters. The fourth-order valence-electron chi connectivity index (χ4n) is 5.28. The van der Waals surface area contributed by atoms with Crippen molar-refractivity contribution in [2.24, 2.45) is 5.92 Å². The Bertz CT molecular complexity index is 1110. The van der Waals surface area contributed by atoms with E-state index in [0.717, 1.165) is 61.0 Å². The van der Waals surface area contributed by atoms with Crippen molar-refractivity contribution in [3.05, 3.63) is 57.4 Å². The Kier molecular flexibility index (Phi) is 5.27. The highest BCUT2D eigenvalue weighted by atomic mass is 35.5. The van der Waals surface area contributed by atoms with Gasteiger partial charge >= 0.3 is 6.18 Å². The van der Waals surface area contributed by atoms with Crippen LogP contribution in [0.1, 0.15) is 84.7 Å². The van der Waals surface area contributed by atoms with Gasteiger partial charge in [0.05, 0.1) is 27.4 Å². The average molecular weight is 463 g/mol. The minimum absolute atomic E-state index is 0.0187. The topological polar surface area (TPSA) is 34.9 Å². The maximum atomic E-state index is 13.9. The number of alkyl halides is 3. The van der Waals surface area contributed by atoms with Gasteiger partial charge < -0.3 is 0 Å². The molecule has 0 N–H and O–H groups in total. The second-order valence-electron chi connectivity index (χ2n) is 9.55. The lowest BCUT2D eigenvalue weighted by Crippen LogP contribution is -2.32. The van der Waals surface area contributed by atoms with Crippen LogP contribution in [-0.4, -0.2) is 21.9 Å². The SMILES string of the molecule is CC1CC=C(c2nn(C(=O)c3c(Cl)cccc3C3(C(F)(F)F)CC3)c3c2CCCC3)CC1. The molecule has 3 nitrogen and oxygen atoms in total. The van der Waals surface area contributed by atoms with E-state index in [4.69, 9.17) is 16.7 Å². The number of benzene rings is 1. The van der Waals surface area contributed by atoms with E-state index in [1.54, 1.807) is 0 Å². The van der Waals surface area contributed by atoms with E-state index in [1.165, 1.54) is 22.9 Å². The number of hydrogen-bond acceptors (Lipinski definition) is 2. The van der Waals surface area contributed by atoms with Crippen LogP contribution >= 0.6 is 11.6 Å². The van der Waals surface area contributed by atoms with Crippen LogP contribution in [0, 0.1) is 5.92 Å². The zero-order chi connectivity index (χ0) is 22.7. The third kappa shape index (κ3) is 3.42. The monoisotopic (exact) mass is 462 g/mol. The fourth-order valence-corrected chi connectivity index (χ4v) is 5.54. The van der Waals surface area contributed by atoms with Crippen molar-refractivity contribution in [3.63, 3.8) is 0 Å². The molecule has 32 heavy (non-hydrogen) atoms. The minimum atomic E-state index is -4.43. The van der Waals surface area contributed by atoms with Crippen LogP contribution in [-0.2, 0) is 18.3 Å². The lowest BCUT2D eigenvalue weighted by atomic mass is 9.86. The summed E-state index contributed by atoms with van der Waals surface area (Å²) in [6.07, 6.45) is 4.20. The van der Waals surface area contributed by atoms with Crippen molar-refractivity contribution in [3.8, 4) is 0 Å². The van der Waals surface area contributed by atoms with Gasteiger partial charge in [-0.2, -0.15) is 23.0 Å². The summed E-state index contributed by atoms with van der Waals surface area (Å²) in [6.45, 7) is 2.22. The van der Waals surface area contributed by atoms with Crippen LogP contribution in [0.3, 0.4) is 0 Å². The number of carbonyl (C=O) groups is 1. The molecule has 7 heteroatoms. The molecule has 1 atom stereocenters. The third-order valence-electron chi connectivity index (χ3n) is 7.39. The number of fused-ring (bicyclic) bond motifs is 1. The highest BCUT2D eigenvalue weighted by Crippen LogP contribution is 2.60. The maximum Gasteiger partial charge on any atom is 0.398 e. The van der Waals surface area contributed by atoms with E-state index in [-0.39, 0.29) is 29.0 Å². The maximum absolute atomic E-state index is 13.9. The van der Waals surface area contributed by atoms with Gasteiger partial charge in [0.25, 0.3) is 5.91 Å². The molecule has 1 heterocycles. The molecule has 0 radical (unpaired) electrons. The first-order chi connectivity index (χ1) is 15.2. The molecule has 170 valence electrons. The van der Waals surface area contributed by atoms with E-state index >= 15 is 0 Å². The number of rotatable bonds is 3. The number of hydrogen-bond donors (Lipinski definition) is 0. The summed E-state index contributed by atoms with van der Waals surface area (Å²) in [5, 5.41) is 4.77. The van der Waals surface area contributed by atoms with Gasteiger partial charge in [0.2, 0.25) is 0 Å². The standard InChI is InChI=1S/C25H26ClF3N2O/c1-15-9-11-16(12-10-15)22-17-5-2-3-8-20(17)31(30-22)23(32)21-18(6-4-7-19(21)26)24(13-14-24)25(27,28)29/h4,6-7,11,15H,2-3,5,8-10,12-14H2,1H3. The normalized spacial score (nSPS) is 22.3. The second kappa shape index (κ2) is 7.75. The lowest BCUT2D eigenvalue weighted by Gasteiger charge is -2.23. The Morgan fingerprint density at radius 2 is 1.94 bits per heavy atom. The van der Waals surface area contributed by atoms with Crippen LogP contribution in [0.4, 0.5) is 13.2 Å². The summed E-state index contributed by atoms with van der Waals surface area (Å²) in [5.74, 6) is 0.0800. The van der Waals surface area contributed by atoms with Crippen molar-refractivity contribution < 1.29 is 18.0 Å². The molecule has 0 amide bonds. The van der Waals surface area contributed by atoms with Crippen LogP contribution in [0.15, 0.2) is 24.3 Å². The van der Waals surface area contributed by atoms with Gasteiger partial charge in [-0.15, -0.1) is 0 Å². The molecule has 3 aliphatic rings. The molecule has 1 fully saturated rings. The van der Waals surface area contributed by atoms with E-state index in [0.29, 0.717) is 12.3 Å². The van der Waals surface area contributed by atoms with E-state index in [1.807, 2.05) is 0 Å². The summed E-state index contributed by atoms with van der Waals surface area (Å²) in [5.41, 5.74) is 1.86. The molecule has 0 bridgehead atoms. The number of halogens is 4. The molecule has 0 spiro atoms. The van der Waals surface area contributed by atoms with Gasteiger partial charge in [-0.1, -0.05) is 36.7 Å². The smallest absolute Gasteiger partial charge is 0.267 e. The number of carbonyl (C=O) groups excluding carboxylic acids is 1. The fraction of sp³-hybridized carbons (Fsp3) is 0.520. The number of allylic oxidation sites excluding steroid dienone is 2. The number of aromatic nitrogens is 2. The summed E-state index contributed by atoms with van der Waals surface area (Å²) in [6, 6.07) is 4.40. The Morgan fingerprint density at radius 3 is 2.59 bits per heavy atom. The van der Waals surface area contributed by atoms with E-state index in [9.17, 15) is 18.0 Å². The van der Waals surface area contributed by atoms with Gasteiger partial charge in [0.15, 0.2) is 0 Å². The average Bonchev–Trinajstić information content (AvgIpc) is 3.50. The van der Waals surface area contributed by atoms with Gasteiger partial charge in [0.1, 0.15) is 0 Å². The lowest BCUT2D eigenvalue weighted by molar-refractivity contribution is -0.160. The predicted octanol–water partition coefficient (Wildman–Crippen LogP) is 6.90. The summed E-state index contributed by atoms with van der Waals surface area (Å²) in [7, 11) is 0. The highest BCUT2D eigenvalue weighted by Gasteiger charge is 2.65. The van der Waals surface area contributed by atoms with E-state index < -0.39 is 17.5 Å². The number of nitrogens with zero attached hydrogens (tertiary/aromatic N) is 2. The van der Waals surface area contributed by atoms with Crippen molar-refractivity contribution in [2.45, 2.75) is 76.3 Å². The van der Waals surface area contributed by atoms with Crippen molar-refractivity contribution in [2.75, 3.05) is 0 Å². The molecule has 0 aliphatic heterocycles. The Balaban J connectivity index is 1.63. The molecule has 5 rings (SSSR count). The first kappa shape index (κ1) is 21.7. The molecule has 1 aromatic carbocycles. The first-order valence-electron chi connectivity index (χ1n) is 11.4. The largest absolute Gasteiger partial charge is 0.398 e. The van der Waals surface area contributed by atoms with Crippen LogP contribution in [0.2, 0.25) is 5.02 Å². The van der Waals surface area contributed by atoms with Crippen molar-refractivity contribution in [1.82, 2.24) is 9.78 Å². The quantitative estimate of drug-likeness (QED) is 0.497. The van der Waals surface area contributed by atoms with Gasteiger partial charge in [0, 0.05) is 5.56 Å². The predicted molar refractivity (Wildman–Crippen MR) is 118 cm³/mol. The van der Waals surface area contributed by atoms with Crippen molar-refractivity contribution in [1.29, 1.82) is 0 Å². The summed E-state index contributed by atoms with van der Waals surface area (Å²) in [4.78, 5) is 13.7. The highest BCUT2D eigenvalue weighted by molar-refractivity contribution is 6.34. The van der Waals surface area contributed by atoms with Crippen molar-refractivity contribution >= 4 is 23.1 Å². The van der Waals surface area contributed by atoms with Crippen LogP contribution in [0.5, 0.6) is 0 Å². The zero-order valence-electron chi connectivity index (χ0n) is 18.1. The zero-order valence-corrected chi connectivity index (χ0v) is 18.8. The molecule has 2 aromatic rings. The van der Waals surface area contributed by atoms with Gasteiger partial charge in [-0.3, -0.25) is 4.79 Å². The molecule has 3 aliphatic carbocycles. The molecular weight excluding hydrogens is 437 g/mol. The second-order valence-corrected chi connectivity index (χ2v) is 9.96. The Morgan fingerprint density at radius 1 is 1.19 bits per heavy atom. The summed E-state index contributed by atoms with van der Waals surface area (Å²) < 4.78 is 43.1. The van der Waals surface area contributed by atoms with E-state index in [2.05, 4.69) is 13.0 Å². The third-order valence-corrected chi connectivity index (χ3v) is 7.70. The first-order valence-corrected chi connectivity index (χ1v) is 11.8. The van der Waals surface area contributed by atoms with Crippen LogP contribution < -0.4 is 0 Å². The van der Waals surface area contributed by atoms with Gasteiger partial charge in [-0.05, 0) is 80.9 Å².